The summed E-state index contributed by atoms with van der Waals surface area (Å²) in [7, 11) is 1.48. The molecule has 1 atom stereocenters. The molecule has 41 heavy (non-hydrogen) atoms. The summed E-state index contributed by atoms with van der Waals surface area (Å²) in [6.45, 7) is 4.20. The van der Waals surface area contributed by atoms with Crippen molar-refractivity contribution in [2.75, 3.05) is 12.4 Å². The Bertz CT molecular complexity index is 1770. The Morgan fingerprint density at radius 3 is 2.56 bits per heavy atom. The number of non-ortho nitro benzene ring substituents is 1. The first kappa shape index (κ1) is 26.2. The molecule has 3 aromatic carbocycles. The van der Waals surface area contributed by atoms with Crippen molar-refractivity contribution in [1.29, 1.82) is 0 Å². The second-order valence-electron chi connectivity index (χ2n) is 11.1. The number of hydrogen-bond donors (Lipinski definition) is 1. The van der Waals surface area contributed by atoms with Gasteiger partial charge in [0.1, 0.15) is 0 Å². The van der Waals surface area contributed by atoms with E-state index in [1.54, 1.807) is 18.3 Å². The van der Waals surface area contributed by atoms with E-state index in [0.717, 1.165) is 45.4 Å². The maximum Gasteiger partial charge on any atom is 0.343 e. The normalized spacial score (nSPS) is 17.3. The highest BCUT2D eigenvalue weighted by atomic mass is 16.6. The summed E-state index contributed by atoms with van der Waals surface area (Å²) >= 11 is 0. The fourth-order valence-electron chi connectivity index (χ4n) is 5.84. The van der Waals surface area contributed by atoms with E-state index >= 15 is 0 Å². The van der Waals surface area contributed by atoms with Crippen LogP contribution in [-0.4, -0.2) is 28.8 Å². The molecule has 0 fully saturated rings. The molecule has 1 unspecified atom stereocenters. The van der Waals surface area contributed by atoms with Crippen molar-refractivity contribution < 1.29 is 24.0 Å². The monoisotopic (exact) mass is 549 g/mol. The number of carbonyl (C=O) groups is 2. The molecule has 0 saturated heterocycles. The van der Waals surface area contributed by atoms with Crippen molar-refractivity contribution in [2.24, 2.45) is 5.41 Å². The molecule has 1 N–H and O–H groups in total. The van der Waals surface area contributed by atoms with E-state index in [-0.39, 0.29) is 34.1 Å². The van der Waals surface area contributed by atoms with Gasteiger partial charge in [0, 0.05) is 53.0 Å². The Kier molecular flexibility index (Phi) is 6.29. The van der Waals surface area contributed by atoms with Crippen molar-refractivity contribution in [3.05, 3.63) is 111 Å². The van der Waals surface area contributed by atoms with E-state index in [1.807, 2.05) is 30.3 Å². The topological polar surface area (TPSA) is 121 Å². The lowest BCUT2D eigenvalue weighted by molar-refractivity contribution is -0.384. The number of nitrogens with zero attached hydrogens (tertiary/aromatic N) is 2. The molecule has 0 spiro atoms. The third-order valence-corrected chi connectivity index (χ3v) is 7.65. The van der Waals surface area contributed by atoms with Crippen LogP contribution in [0.5, 0.6) is 11.5 Å². The molecule has 9 nitrogen and oxygen atoms in total. The lowest BCUT2D eigenvalue weighted by atomic mass is 9.68. The lowest BCUT2D eigenvalue weighted by Crippen LogP contribution is -2.34. The molecule has 2 aliphatic rings. The molecule has 4 aromatic rings. The van der Waals surface area contributed by atoms with Gasteiger partial charge in [-0.3, -0.25) is 19.9 Å². The van der Waals surface area contributed by atoms with Gasteiger partial charge in [0.05, 0.1) is 23.1 Å². The van der Waals surface area contributed by atoms with Crippen LogP contribution >= 0.6 is 0 Å². The zero-order chi connectivity index (χ0) is 28.9. The highest BCUT2D eigenvalue weighted by molar-refractivity contribution is 6.04. The number of ketones is 1. The van der Waals surface area contributed by atoms with Gasteiger partial charge in [-0.1, -0.05) is 26.0 Å². The van der Waals surface area contributed by atoms with Gasteiger partial charge >= 0.3 is 5.97 Å². The molecule has 206 valence electrons. The smallest absolute Gasteiger partial charge is 0.343 e. The van der Waals surface area contributed by atoms with Crippen LogP contribution in [0.15, 0.2) is 84.2 Å². The molecule has 2 heterocycles. The number of pyridine rings is 1. The van der Waals surface area contributed by atoms with Gasteiger partial charge in [0.15, 0.2) is 17.3 Å². The van der Waals surface area contributed by atoms with Crippen molar-refractivity contribution in [1.82, 2.24) is 4.98 Å². The fourth-order valence-corrected chi connectivity index (χ4v) is 5.84. The molecule has 0 saturated carbocycles. The minimum atomic E-state index is -0.676. The van der Waals surface area contributed by atoms with Crippen LogP contribution in [0.25, 0.3) is 10.9 Å². The van der Waals surface area contributed by atoms with Crippen LogP contribution in [0.3, 0.4) is 0 Å². The zero-order valence-electron chi connectivity index (χ0n) is 22.8. The first-order valence-electron chi connectivity index (χ1n) is 13.2. The average molecular weight is 550 g/mol. The number of aromatic nitrogens is 1. The molecule has 1 aliphatic carbocycles. The Morgan fingerprint density at radius 2 is 1.83 bits per heavy atom. The van der Waals surface area contributed by atoms with E-state index < -0.39 is 10.9 Å². The fraction of sp³-hybridized carbons (Fsp3) is 0.219. The molecule has 1 aromatic heterocycles. The van der Waals surface area contributed by atoms with Crippen molar-refractivity contribution in [3.63, 3.8) is 0 Å². The largest absolute Gasteiger partial charge is 0.493 e. The third-order valence-electron chi connectivity index (χ3n) is 7.65. The minimum absolute atomic E-state index is 0.0907. The molecule has 6 rings (SSSR count). The molecular formula is C32H27N3O6. The number of nitro groups is 1. The van der Waals surface area contributed by atoms with Crippen LogP contribution in [0, 0.1) is 15.5 Å². The van der Waals surface area contributed by atoms with Crippen LogP contribution in [0.4, 0.5) is 11.4 Å². The first-order chi connectivity index (χ1) is 19.6. The summed E-state index contributed by atoms with van der Waals surface area (Å²) in [5.74, 6) is -0.454. The third kappa shape index (κ3) is 4.69. The summed E-state index contributed by atoms with van der Waals surface area (Å²) in [5, 5.41) is 15.5. The molecule has 0 bridgehead atoms. The number of nitro benzene ring substituents is 1. The number of esters is 1. The number of anilines is 1. The molecule has 0 radical (unpaired) electrons. The number of ether oxygens (including phenoxy) is 2. The van der Waals surface area contributed by atoms with Gasteiger partial charge in [0.25, 0.3) is 5.69 Å². The Balaban J connectivity index is 1.44. The standard InChI is InChI=1S/C32H27N3O6/c1-32(2)16-24-30(25(36)17-32)28(29-21-5-4-14-33-22(21)11-12-23(29)34-24)19-8-13-26(27(15-19)40-3)41-31(37)18-6-9-20(10-7-18)35(38)39/h4-15,28,34H,16-17H2,1-3H3. The number of benzene rings is 3. The second-order valence-corrected chi connectivity index (χ2v) is 11.1. The number of methoxy groups -OCH3 is 1. The second kappa shape index (κ2) is 9.85. The zero-order valence-corrected chi connectivity index (χ0v) is 22.8. The predicted octanol–water partition coefficient (Wildman–Crippen LogP) is 6.57. The number of rotatable bonds is 5. The Morgan fingerprint density at radius 1 is 1.05 bits per heavy atom. The summed E-state index contributed by atoms with van der Waals surface area (Å²) in [6, 6.07) is 18.3. The SMILES string of the molecule is COc1cc(C2C3=C(CC(C)(C)CC3=O)Nc3ccc4ncccc4c32)ccc1OC(=O)c1ccc([N+](=O)[O-])cc1. The number of fused-ring (bicyclic) bond motifs is 3. The number of hydrogen-bond acceptors (Lipinski definition) is 8. The van der Waals surface area contributed by atoms with E-state index in [9.17, 15) is 19.7 Å². The van der Waals surface area contributed by atoms with Crippen LogP contribution < -0.4 is 14.8 Å². The first-order valence-corrected chi connectivity index (χ1v) is 13.2. The van der Waals surface area contributed by atoms with E-state index in [2.05, 4.69) is 24.1 Å². The molecule has 0 amide bonds. The van der Waals surface area contributed by atoms with Gasteiger partial charge < -0.3 is 14.8 Å². The number of Topliss-reactive ketones (excluding diaryl/α,β-unsaturated/α-hetero) is 1. The summed E-state index contributed by atoms with van der Waals surface area (Å²) in [5.41, 5.74) is 5.04. The molecule has 1 aliphatic heterocycles. The van der Waals surface area contributed by atoms with E-state index in [0.29, 0.717) is 12.2 Å². The van der Waals surface area contributed by atoms with Gasteiger partial charge in [-0.05, 0) is 65.4 Å². The van der Waals surface area contributed by atoms with Crippen molar-refractivity contribution in [3.8, 4) is 11.5 Å². The number of nitrogens with one attached hydrogen (secondary N) is 1. The van der Waals surface area contributed by atoms with Gasteiger partial charge in [-0.2, -0.15) is 0 Å². The minimum Gasteiger partial charge on any atom is -0.493 e. The average Bonchev–Trinajstić information content (AvgIpc) is 2.95. The summed E-state index contributed by atoms with van der Waals surface area (Å²) in [6.07, 6.45) is 2.91. The summed E-state index contributed by atoms with van der Waals surface area (Å²) < 4.78 is 11.3. The van der Waals surface area contributed by atoms with Crippen molar-refractivity contribution in [2.45, 2.75) is 32.6 Å². The van der Waals surface area contributed by atoms with E-state index in [4.69, 9.17) is 9.47 Å². The highest BCUT2D eigenvalue weighted by Crippen LogP contribution is 2.51. The van der Waals surface area contributed by atoms with Gasteiger partial charge in [0.2, 0.25) is 0 Å². The van der Waals surface area contributed by atoms with Gasteiger partial charge in [-0.25, -0.2) is 4.79 Å². The molecule has 9 heteroatoms. The number of carbonyl (C=O) groups excluding carboxylic acids is 2. The Hall–Kier alpha value is -5.05. The highest BCUT2D eigenvalue weighted by Gasteiger charge is 2.41. The molecular weight excluding hydrogens is 522 g/mol. The van der Waals surface area contributed by atoms with Crippen molar-refractivity contribution >= 4 is 34.0 Å². The van der Waals surface area contributed by atoms with Crippen LogP contribution in [0.1, 0.15) is 54.1 Å². The number of allylic oxidation sites excluding steroid dienone is 2. The van der Waals surface area contributed by atoms with Gasteiger partial charge in [-0.15, -0.1) is 0 Å². The van der Waals surface area contributed by atoms with E-state index in [1.165, 1.54) is 31.4 Å². The van der Waals surface area contributed by atoms with Crippen LogP contribution in [0.2, 0.25) is 0 Å². The maximum atomic E-state index is 13.7. The Labute approximate surface area is 236 Å². The lowest BCUT2D eigenvalue weighted by Gasteiger charge is -2.40. The summed E-state index contributed by atoms with van der Waals surface area (Å²) in [4.78, 5) is 41.5. The predicted molar refractivity (Wildman–Crippen MR) is 153 cm³/mol. The quantitative estimate of drug-likeness (QED) is 0.128. The van der Waals surface area contributed by atoms with Crippen LogP contribution in [-0.2, 0) is 4.79 Å². The maximum absolute atomic E-state index is 13.7.